The minimum Gasteiger partial charge on any atom is -0.496 e. The van der Waals surface area contributed by atoms with Crippen molar-refractivity contribution in [3.8, 4) is 5.75 Å². The van der Waals surface area contributed by atoms with E-state index in [0.29, 0.717) is 30.3 Å². The molecule has 1 N–H and O–H groups in total. The van der Waals surface area contributed by atoms with Crippen LogP contribution in [0, 0.1) is 0 Å². The molecule has 2 amide bonds. The molecule has 2 aliphatic rings. The zero-order valence-corrected chi connectivity index (χ0v) is 14.8. The van der Waals surface area contributed by atoms with Gasteiger partial charge in [-0.05, 0) is 49.1 Å². The van der Waals surface area contributed by atoms with E-state index in [2.05, 4.69) is 11.4 Å². The molecule has 5 nitrogen and oxygen atoms in total. The normalized spacial score (nSPS) is 16.0. The van der Waals surface area contributed by atoms with Crippen LogP contribution in [0.25, 0.3) is 0 Å². The molecule has 5 heteroatoms. The Balaban J connectivity index is 1.53. The van der Waals surface area contributed by atoms with Gasteiger partial charge in [-0.25, -0.2) is 0 Å². The van der Waals surface area contributed by atoms with Crippen molar-refractivity contribution >= 4 is 11.8 Å². The Morgan fingerprint density at radius 1 is 1.12 bits per heavy atom. The fourth-order valence-corrected chi connectivity index (χ4v) is 3.39. The number of hydrogen-bond acceptors (Lipinski definition) is 3. The molecule has 0 saturated heterocycles. The van der Waals surface area contributed by atoms with Crippen LogP contribution in [0.4, 0.5) is 0 Å². The van der Waals surface area contributed by atoms with Gasteiger partial charge in [-0.3, -0.25) is 9.59 Å². The van der Waals surface area contributed by atoms with Crippen molar-refractivity contribution in [2.45, 2.75) is 31.8 Å². The van der Waals surface area contributed by atoms with Crippen LogP contribution >= 0.6 is 0 Å². The average Bonchev–Trinajstić information content (AvgIpc) is 3.50. The number of ether oxygens (including phenoxy) is 1. The summed E-state index contributed by atoms with van der Waals surface area (Å²) in [5, 5.41) is 2.96. The number of nitrogens with one attached hydrogen (secondary N) is 1. The van der Waals surface area contributed by atoms with E-state index in [1.807, 2.05) is 17.0 Å². The van der Waals surface area contributed by atoms with Crippen molar-refractivity contribution in [2.24, 2.45) is 0 Å². The summed E-state index contributed by atoms with van der Waals surface area (Å²) >= 11 is 0. The van der Waals surface area contributed by atoms with Crippen LogP contribution in [0.15, 0.2) is 42.5 Å². The zero-order valence-electron chi connectivity index (χ0n) is 14.8. The Hall–Kier alpha value is -2.82. The van der Waals surface area contributed by atoms with Crippen LogP contribution in [-0.2, 0) is 13.0 Å². The van der Waals surface area contributed by atoms with E-state index in [1.165, 1.54) is 5.56 Å². The van der Waals surface area contributed by atoms with Crippen molar-refractivity contribution in [1.82, 2.24) is 10.2 Å². The van der Waals surface area contributed by atoms with E-state index < -0.39 is 0 Å². The highest BCUT2D eigenvalue weighted by atomic mass is 16.5. The van der Waals surface area contributed by atoms with Gasteiger partial charge in [0, 0.05) is 35.8 Å². The lowest BCUT2D eigenvalue weighted by Crippen LogP contribution is -2.36. The molecule has 0 atom stereocenters. The fourth-order valence-electron chi connectivity index (χ4n) is 3.39. The van der Waals surface area contributed by atoms with Crippen molar-refractivity contribution in [1.29, 1.82) is 0 Å². The quantitative estimate of drug-likeness (QED) is 0.922. The summed E-state index contributed by atoms with van der Waals surface area (Å²) in [6.07, 6.45) is 2.89. The van der Waals surface area contributed by atoms with E-state index in [0.717, 1.165) is 30.6 Å². The van der Waals surface area contributed by atoms with Gasteiger partial charge in [-0.1, -0.05) is 18.2 Å². The predicted molar refractivity (Wildman–Crippen MR) is 98.4 cm³/mol. The first-order valence-corrected chi connectivity index (χ1v) is 9.00. The van der Waals surface area contributed by atoms with Gasteiger partial charge < -0.3 is 15.0 Å². The Morgan fingerprint density at radius 2 is 1.88 bits per heavy atom. The second-order valence-electron chi connectivity index (χ2n) is 6.90. The third-order valence-corrected chi connectivity index (χ3v) is 5.02. The maximum absolute atomic E-state index is 13.0. The summed E-state index contributed by atoms with van der Waals surface area (Å²) < 4.78 is 5.45. The molecule has 1 aliphatic carbocycles. The molecule has 0 bridgehead atoms. The van der Waals surface area contributed by atoms with Crippen LogP contribution < -0.4 is 10.1 Å². The summed E-state index contributed by atoms with van der Waals surface area (Å²) in [4.78, 5) is 27.0. The maximum Gasteiger partial charge on any atom is 0.254 e. The standard InChI is InChI=1S/C21H22N2O3/c1-26-19-7-3-4-14-10-11-23(13-18(14)19)21(25)16-6-2-5-15(12-16)20(24)22-17-8-9-17/h2-7,12,17H,8-11,13H2,1H3,(H,22,24). The lowest BCUT2D eigenvalue weighted by molar-refractivity contribution is 0.0733. The number of hydrogen-bond donors (Lipinski definition) is 1. The molecular weight excluding hydrogens is 328 g/mol. The van der Waals surface area contributed by atoms with Crippen LogP contribution in [0.1, 0.15) is 44.7 Å². The van der Waals surface area contributed by atoms with E-state index >= 15 is 0 Å². The highest BCUT2D eigenvalue weighted by molar-refractivity contribution is 6.00. The number of nitrogens with zero attached hydrogens (tertiary/aromatic N) is 1. The maximum atomic E-state index is 13.0. The largest absolute Gasteiger partial charge is 0.496 e. The first kappa shape index (κ1) is 16.6. The van der Waals surface area contributed by atoms with Crippen molar-refractivity contribution in [3.63, 3.8) is 0 Å². The molecule has 134 valence electrons. The third kappa shape index (κ3) is 3.29. The number of carbonyl (C=O) groups is 2. The summed E-state index contributed by atoms with van der Waals surface area (Å²) in [5.74, 6) is 0.660. The zero-order chi connectivity index (χ0) is 18.1. The number of rotatable bonds is 4. The monoisotopic (exact) mass is 350 g/mol. The lowest BCUT2D eigenvalue weighted by Gasteiger charge is -2.30. The number of amides is 2. The molecule has 1 fully saturated rings. The third-order valence-electron chi connectivity index (χ3n) is 5.02. The van der Waals surface area contributed by atoms with E-state index in [9.17, 15) is 9.59 Å². The van der Waals surface area contributed by atoms with Crippen LogP contribution in [0.5, 0.6) is 5.75 Å². The minimum absolute atomic E-state index is 0.0531. The Bertz CT molecular complexity index is 844. The van der Waals surface area contributed by atoms with Crippen molar-refractivity contribution in [2.75, 3.05) is 13.7 Å². The lowest BCUT2D eigenvalue weighted by atomic mass is 9.98. The van der Waals surface area contributed by atoms with Crippen LogP contribution in [0.3, 0.4) is 0 Å². The number of benzene rings is 2. The first-order valence-electron chi connectivity index (χ1n) is 9.00. The summed E-state index contributed by atoms with van der Waals surface area (Å²) in [7, 11) is 1.65. The van der Waals surface area contributed by atoms with Gasteiger partial charge in [0.25, 0.3) is 11.8 Å². The van der Waals surface area contributed by atoms with E-state index in [1.54, 1.807) is 31.4 Å². The fraction of sp³-hybridized carbons (Fsp3) is 0.333. The Kier molecular flexibility index (Phi) is 4.37. The highest BCUT2D eigenvalue weighted by Gasteiger charge is 2.26. The average molecular weight is 350 g/mol. The van der Waals surface area contributed by atoms with Gasteiger partial charge in [-0.15, -0.1) is 0 Å². The van der Waals surface area contributed by atoms with Crippen LogP contribution in [-0.4, -0.2) is 36.4 Å². The molecule has 26 heavy (non-hydrogen) atoms. The van der Waals surface area contributed by atoms with Crippen molar-refractivity contribution < 1.29 is 14.3 Å². The number of fused-ring (bicyclic) bond motifs is 1. The van der Waals surface area contributed by atoms with Crippen molar-refractivity contribution in [3.05, 3.63) is 64.7 Å². The summed E-state index contributed by atoms with van der Waals surface area (Å²) in [5.41, 5.74) is 3.38. The molecule has 1 aliphatic heterocycles. The number of carbonyl (C=O) groups excluding carboxylic acids is 2. The molecule has 1 heterocycles. The number of methoxy groups -OCH3 is 1. The predicted octanol–water partition coefficient (Wildman–Crippen LogP) is 2.79. The highest BCUT2D eigenvalue weighted by Crippen LogP contribution is 2.28. The topological polar surface area (TPSA) is 58.6 Å². The Morgan fingerprint density at radius 3 is 2.65 bits per heavy atom. The van der Waals surface area contributed by atoms with E-state index in [-0.39, 0.29) is 11.8 Å². The second kappa shape index (κ2) is 6.83. The molecule has 1 saturated carbocycles. The molecule has 0 aromatic heterocycles. The first-order chi connectivity index (χ1) is 12.7. The van der Waals surface area contributed by atoms with Gasteiger partial charge in [0.05, 0.1) is 7.11 Å². The molecule has 0 radical (unpaired) electrons. The summed E-state index contributed by atoms with van der Waals surface area (Å²) in [6.45, 7) is 1.19. The van der Waals surface area contributed by atoms with Gasteiger partial charge in [0.2, 0.25) is 0 Å². The summed E-state index contributed by atoms with van der Waals surface area (Å²) in [6, 6.07) is 13.3. The van der Waals surface area contributed by atoms with Gasteiger partial charge >= 0.3 is 0 Å². The van der Waals surface area contributed by atoms with Crippen LogP contribution in [0.2, 0.25) is 0 Å². The minimum atomic E-state index is -0.104. The Labute approximate surface area is 153 Å². The molecule has 2 aromatic carbocycles. The molecule has 0 unspecified atom stereocenters. The molecule has 0 spiro atoms. The SMILES string of the molecule is COc1cccc2c1CN(C(=O)c1cccc(C(=O)NC3CC3)c1)CC2. The van der Waals surface area contributed by atoms with E-state index in [4.69, 9.17) is 4.74 Å². The molecular formula is C21H22N2O3. The molecule has 2 aromatic rings. The van der Waals surface area contributed by atoms with Gasteiger partial charge in [0.15, 0.2) is 0 Å². The van der Waals surface area contributed by atoms with Gasteiger partial charge in [0.1, 0.15) is 5.75 Å². The van der Waals surface area contributed by atoms with Gasteiger partial charge in [-0.2, -0.15) is 0 Å². The second-order valence-corrected chi connectivity index (χ2v) is 6.90. The smallest absolute Gasteiger partial charge is 0.254 e. The molecule has 4 rings (SSSR count).